The minimum Gasteiger partial charge on any atom is -0.399 e. The Balaban J connectivity index is 2.74. The van der Waals surface area contributed by atoms with Gasteiger partial charge in [-0.2, -0.15) is 0 Å². The predicted octanol–water partition coefficient (Wildman–Crippen LogP) is 3.25. The minimum absolute atomic E-state index is 0.126. The first kappa shape index (κ1) is 14.9. The smallest absolute Gasteiger partial charge is 0.112 e. The summed E-state index contributed by atoms with van der Waals surface area (Å²) in [7, 11) is 0. The van der Waals surface area contributed by atoms with Crippen LogP contribution in [0.15, 0.2) is 18.2 Å². The molecule has 4 nitrogen and oxygen atoms in total. The van der Waals surface area contributed by atoms with Crippen LogP contribution in [0.3, 0.4) is 0 Å². The first-order chi connectivity index (χ1) is 9.42. The number of imidazole rings is 1. The molecule has 0 aliphatic carbocycles. The van der Waals surface area contributed by atoms with Gasteiger partial charge in [0.25, 0.3) is 0 Å². The van der Waals surface area contributed by atoms with E-state index in [4.69, 9.17) is 10.7 Å². The van der Waals surface area contributed by atoms with Gasteiger partial charge in [-0.1, -0.05) is 20.8 Å². The third kappa shape index (κ3) is 2.40. The molecule has 0 aliphatic rings. The Morgan fingerprint density at radius 2 is 2.10 bits per heavy atom. The molecule has 20 heavy (non-hydrogen) atoms. The highest BCUT2D eigenvalue weighted by Gasteiger charge is 2.29. The van der Waals surface area contributed by atoms with Crippen LogP contribution in [0, 0.1) is 0 Å². The van der Waals surface area contributed by atoms with Crippen molar-refractivity contribution in [1.82, 2.24) is 9.55 Å². The van der Waals surface area contributed by atoms with Crippen LogP contribution in [0.4, 0.5) is 5.69 Å². The average molecular weight is 275 g/mol. The predicted molar refractivity (Wildman–Crippen MR) is 83.9 cm³/mol. The normalized spacial score (nSPS) is 14.9. The molecule has 0 radical (unpaired) electrons. The van der Waals surface area contributed by atoms with E-state index in [1.54, 1.807) is 0 Å². The fourth-order valence-corrected chi connectivity index (χ4v) is 2.76. The second-order valence-corrected chi connectivity index (χ2v) is 6.03. The molecule has 3 N–H and O–H groups in total. The molecular weight excluding hydrogens is 250 g/mol. The molecule has 0 amide bonds. The average Bonchev–Trinajstić information content (AvgIpc) is 2.78. The van der Waals surface area contributed by atoms with Crippen LogP contribution < -0.4 is 5.73 Å². The second-order valence-electron chi connectivity index (χ2n) is 6.03. The van der Waals surface area contributed by atoms with Gasteiger partial charge in [-0.05, 0) is 38.0 Å². The van der Waals surface area contributed by atoms with Crippen molar-refractivity contribution in [2.75, 3.05) is 12.3 Å². The maximum absolute atomic E-state index is 9.42. The summed E-state index contributed by atoms with van der Waals surface area (Å²) in [6, 6.07) is 5.88. The zero-order valence-electron chi connectivity index (χ0n) is 12.8. The standard InChI is InChI=1S/C16H25N3O/c1-5-16(4,8-9-20)19-14-7-6-12(17)10-13(14)18-15(19)11(2)3/h6-7,10-11,20H,5,8-9,17H2,1-4H3. The maximum Gasteiger partial charge on any atom is 0.112 e. The van der Waals surface area contributed by atoms with E-state index in [0.717, 1.165) is 35.4 Å². The number of nitrogens with zero attached hydrogens (tertiary/aromatic N) is 2. The summed E-state index contributed by atoms with van der Waals surface area (Å²) in [5.41, 5.74) is 8.51. The van der Waals surface area contributed by atoms with Gasteiger partial charge in [-0.15, -0.1) is 0 Å². The van der Waals surface area contributed by atoms with Crippen LogP contribution in [0.2, 0.25) is 0 Å². The van der Waals surface area contributed by atoms with Crippen LogP contribution in [-0.4, -0.2) is 21.3 Å². The Morgan fingerprint density at radius 3 is 2.65 bits per heavy atom. The van der Waals surface area contributed by atoms with Gasteiger partial charge in [0.1, 0.15) is 5.82 Å². The summed E-state index contributed by atoms with van der Waals surface area (Å²) >= 11 is 0. The number of aliphatic hydroxyl groups is 1. The van der Waals surface area contributed by atoms with E-state index in [2.05, 4.69) is 32.3 Å². The molecule has 2 rings (SSSR count). The number of benzene rings is 1. The number of nitrogens with two attached hydrogens (primary N) is 1. The van der Waals surface area contributed by atoms with Crippen molar-refractivity contribution in [2.45, 2.75) is 52.0 Å². The molecule has 0 saturated heterocycles. The van der Waals surface area contributed by atoms with E-state index in [1.165, 1.54) is 0 Å². The van der Waals surface area contributed by atoms with E-state index < -0.39 is 0 Å². The fraction of sp³-hybridized carbons (Fsp3) is 0.562. The fourth-order valence-electron chi connectivity index (χ4n) is 2.76. The molecule has 1 atom stereocenters. The van der Waals surface area contributed by atoms with Crippen molar-refractivity contribution in [2.24, 2.45) is 0 Å². The molecule has 110 valence electrons. The Hall–Kier alpha value is -1.55. The SMILES string of the molecule is CCC(C)(CCO)n1c(C(C)C)nc2cc(N)ccc21. The highest BCUT2D eigenvalue weighted by atomic mass is 16.3. The summed E-state index contributed by atoms with van der Waals surface area (Å²) < 4.78 is 2.29. The molecule has 0 bridgehead atoms. The van der Waals surface area contributed by atoms with Crippen molar-refractivity contribution in [3.8, 4) is 0 Å². The maximum atomic E-state index is 9.42. The lowest BCUT2D eigenvalue weighted by molar-refractivity contribution is 0.193. The number of rotatable bonds is 5. The van der Waals surface area contributed by atoms with Crippen molar-refractivity contribution < 1.29 is 5.11 Å². The van der Waals surface area contributed by atoms with Gasteiger partial charge in [-0.25, -0.2) is 4.98 Å². The molecule has 0 aliphatic heterocycles. The Bertz CT molecular complexity index is 603. The Labute approximate surface area is 120 Å². The van der Waals surface area contributed by atoms with Crippen LogP contribution in [0.25, 0.3) is 11.0 Å². The van der Waals surface area contributed by atoms with Gasteiger partial charge in [0.2, 0.25) is 0 Å². The van der Waals surface area contributed by atoms with Crippen molar-refractivity contribution >= 4 is 16.7 Å². The van der Waals surface area contributed by atoms with E-state index in [-0.39, 0.29) is 12.1 Å². The van der Waals surface area contributed by atoms with Gasteiger partial charge in [0.15, 0.2) is 0 Å². The number of nitrogen functional groups attached to an aromatic ring is 1. The molecule has 0 fully saturated rings. The third-order valence-electron chi connectivity index (χ3n) is 4.17. The van der Waals surface area contributed by atoms with Gasteiger partial charge in [0.05, 0.1) is 11.0 Å². The zero-order chi connectivity index (χ0) is 14.9. The quantitative estimate of drug-likeness (QED) is 0.823. The number of aromatic nitrogens is 2. The van der Waals surface area contributed by atoms with Crippen LogP contribution in [-0.2, 0) is 5.54 Å². The molecule has 0 saturated carbocycles. The highest BCUT2D eigenvalue weighted by molar-refractivity contribution is 5.80. The van der Waals surface area contributed by atoms with Gasteiger partial charge in [0, 0.05) is 23.8 Å². The van der Waals surface area contributed by atoms with Crippen LogP contribution >= 0.6 is 0 Å². The monoisotopic (exact) mass is 275 g/mol. The summed E-state index contributed by atoms with van der Waals surface area (Å²) in [5.74, 6) is 1.39. The molecule has 2 aromatic rings. The topological polar surface area (TPSA) is 64.1 Å². The van der Waals surface area contributed by atoms with E-state index in [0.29, 0.717) is 5.92 Å². The van der Waals surface area contributed by atoms with E-state index in [9.17, 15) is 5.11 Å². The Morgan fingerprint density at radius 1 is 1.40 bits per heavy atom. The van der Waals surface area contributed by atoms with Crippen molar-refractivity contribution in [3.05, 3.63) is 24.0 Å². The largest absolute Gasteiger partial charge is 0.399 e. The minimum atomic E-state index is -0.126. The lowest BCUT2D eigenvalue weighted by Crippen LogP contribution is -2.32. The molecule has 1 heterocycles. The zero-order valence-corrected chi connectivity index (χ0v) is 12.8. The molecule has 1 aromatic heterocycles. The first-order valence-corrected chi connectivity index (χ1v) is 7.32. The molecule has 1 unspecified atom stereocenters. The lowest BCUT2D eigenvalue weighted by Gasteiger charge is -2.33. The van der Waals surface area contributed by atoms with E-state index >= 15 is 0 Å². The van der Waals surface area contributed by atoms with Crippen LogP contribution in [0.1, 0.15) is 52.3 Å². The van der Waals surface area contributed by atoms with Crippen LogP contribution in [0.5, 0.6) is 0 Å². The van der Waals surface area contributed by atoms with Gasteiger partial charge >= 0.3 is 0 Å². The number of hydrogen-bond acceptors (Lipinski definition) is 3. The first-order valence-electron chi connectivity index (χ1n) is 7.32. The van der Waals surface area contributed by atoms with E-state index in [1.807, 2.05) is 18.2 Å². The number of fused-ring (bicyclic) bond motifs is 1. The van der Waals surface area contributed by atoms with Gasteiger partial charge < -0.3 is 15.4 Å². The van der Waals surface area contributed by atoms with Crippen molar-refractivity contribution in [1.29, 1.82) is 0 Å². The molecular formula is C16H25N3O. The highest BCUT2D eigenvalue weighted by Crippen LogP contribution is 2.34. The molecule has 4 heteroatoms. The van der Waals surface area contributed by atoms with Gasteiger partial charge in [-0.3, -0.25) is 0 Å². The number of anilines is 1. The summed E-state index contributed by atoms with van der Waals surface area (Å²) in [4.78, 5) is 4.77. The second kappa shape index (κ2) is 5.44. The molecule has 1 aromatic carbocycles. The number of hydrogen-bond donors (Lipinski definition) is 2. The third-order valence-corrected chi connectivity index (χ3v) is 4.17. The molecule has 0 spiro atoms. The Kier molecular flexibility index (Phi) is 4.04. The summed E-state index contributed by atoms with van der Waals surface area (Å²) in [6.45, 7) is 8.82. The van der Waals surface area contributed by atoms with Crippen molar-refractivity contribution in [3.63, 3.8) is 0 Å². The summed E-state index contributed by atoms with van der Waals surface area (Å²) in [5, 5.41) is 9.42. The number of aliphatic hydroxyl groups excluding tert-OH is 1. The lowest BCUT2D eigenvalue weighted by atomic mass is 9.93. The summed E-state index contributed by atoms with van der Waals surface area (Å²) in [6.07, 6.45) is 1.67.